The summed E-state index contributed by atoms with van der Waals surface area (Å²) in [5, 5.41) is 19.7. The molecule has 0 amide bonds. The van der Waals surface area contributed by atoms with E-state index in [-0.39, 0.29) is 5.92 Å². The number of hydrogen-bond donors (Lipinski definition) is 1. The maximum absolute atomic E-state index is 11.6. The third-order valence-electron chi connectivity index (χ3n) is 4.11. The van der Waals surface area contributed by atoms with E-state index in [4.69, 9.17) is 0 Å². The quantitative estimate of drug-likeness (QED) is 0.914. The van der Waals surface area contributed by atoms with Gasteiger partial charge < -0.3 is 10.0 Å². The minimum absolute atomic E-state index is 0.0565. The molecule has 0 aliphatic carbocycles. The first-order valence-electron chi connectivity index (χ1n) is 6.90. The number of fused-ring (bicyclic) bond motifs is 1. The summed E-state index contributed by atoms with van der Waals surface area (Å²) < 4.78 is 0. The zero-order valence-corrected chi connectivity index (χ0v) is 11.7. The van der Waals surface area contributed by atoms with Gasteiger partial charge in [-0.2, -0.15) is 5.26 Å². The number of pyridine rings is 1. The lowest BCUT2D eigenvalue weighted by Crippen LogP contribution is -2.39. The molecule has 1 N–H and O–H groups in total. The molecule has 3 rings (SSSR count). The van der Waals surface area contributed by atoms with E-state index in [9.17, 15) is 15.2 Å². The first-order chi connectivity index (χ1) is 10.1. The van der Waals surface area contributed by atoms with Gasteiger partial charge in [0.25, 0.3) is 0 Å². The SMILES string of the molecule is CC1CCN(c2c(C#N)cnc3ccccc23)C1C(=O)O. The number of carbonyl (C=O) groups is 1. The number of aromatic nitrogens is 1. The molecule has 1 aromatic carbocycles. The summed E-state index contributed by atoms with van der Waals surface area (Å²) in [6.45, 7) is 2.58. The normalized spacial score (nSPS) is 21.4. The molecule has 2 unspecified atom stereocenters. The van der Waals surface area contributed by atoms with E-state index in [0.717, 1.165) is 17.3 Å². The number of hydrogen-bond acceptors (Lipinski definition) is 4. The Labute approximate surface area is 122 Å². The number of nitrogens with zero attached hydrogens (tertiary/aromatic N) is 3. The van der Waals surface area contributed by atoms with E-state index < -0.39 is 12.0 Å². The summed E-state index contributed by atoms with van der Waals surface area (Å²) in [5.74, 6) is -0.786. The number of carboxylic acid groups (broad SMARTS) is 1. The number of para-hydroxylation sites is 1. The fourth-order valence-corrected chi connectivity index (χ4v) is 3.09. The van der Waals surface area contributed by atoms with E-state index in [0.29, 0.717) is 17.8 Å². The highest BCUT2D eigenvalue weighted by Gasteiger charge is 2.38. The van der Waals surface area contributed by atoms with E-state index in [2.05, 4.69) is 11.1 Å². The van der Waals surface area contributed by atoms with Crippen molar-refractivity contribution in [3.63, 3.8) is 0 Å². The van der Waals surface area contributed by atoms with Crippen molar-refractivity contribution in [2.24, 2.45) is 5.92 Å². The van der Waals surface area contributed by atoms with Gasteiger partial charge in [-0.1, -0.05) is 25.1 Å². The molecule has 0 saturated carbocycles. The Kier molecular flexibility index (Phi) is 3.22. The molecule has 1 aromatic heterocycles. The summed E-state index contributed by atoms with van der Waals surface area (Å²) in [4.78, 5) is 17.7. The van der Waals surface area contributed by atoms with Crippen molar-refractivity contribution in [2.75, 3.05) is 11.4 Å². The standard InChI is InChI=1S/C16H15N3O2/c1-10-6-7-19(14(10)16(20)21)15-11(8-17)9-18-13-5-3-2-4-12(13)15/h2-5,9-10,14H,6-7H2,1H3,(H,20,21). The Morgan fingerprint density at radius 2 is 2.24 bits per heavy atom. The number of anilines is 1. The average Bonchev–Trinajstić information content (AvgIpc) is 2.87. The molecule has 2 aromatic rings. The van der Waals surface area contributed by atoms with Gasteiger partial charge in [0.1, 0.15) is 12.1 Å². The van der Waals surface area contributed by atoms with Crippen molar-refractivity contribution in [2.45, 2.75) is 19.4 Å². The van der Waals surface area contributed by atoms with Crippen molar-refractivity contribution in [3.05, 3.63) is 36.0 Å². The van der Waals surface area contributed by atoms with E-state index in [1.54, 1.807) is 0 Å². The predicted octanol–water partition coefficient (Wildman–Crippen LogP) is 2.41. The second-order valence-corrected chi connectivity index (χ2v) is 5.39. The van der Waals surface area contributed by atoms with Crippen LogP contribution in [0.5, 0.6) is 0 Å². The van der Waals surface area contributed by atoms with Crippen LogP contribution >= 0.6 is 0 Å². The third kappa shape index (κ3) is 2.09. The molecule has 5 nitrogen and oxygen atoms in total. The average molecular weight is 281 g/mol. The van der Waals surface area contributed by atoms with Crippen LogP contribution in [0.15, 0.2) is 30.5 Å². The highest BCUT2D eigenvalue weighted by Crippen LogP contribution is 2.36. The Bertz CT molecular complexity index is 751. The van der Waals surface area contributed by atoms with Crippen LogP contribution in [0.4, 0.5) is 5.69 Å². The monoisotopic (exact) mass is 281 g/mol. The Hall–Kier alpha value is -2.61. The molecule has 2 heterocycles. The molecule has 5 heteroatoms. The van der Waals surface area contributed by atoms with Crippen molar-refractivity contribution in [1.29, 1.82) is 5.26 Å². The topological polar surface area (TPSA) is 77.2 Å². The fourth-order valence-electron chi connectivity index (χ4n) is 3.09. The number of nitriles is 1. The maximum Gasteiger partial charge on any atom is 0.326 e. The van der Waals surface area contributed by atoms with Crippen molar-refractivity contribution < 1.29 is 9.90 Å². The van der Waals surface area contributed by atoms with Gasteiger partial charge in [0.2, 0.25) is 0 Å². The molecule has 0 spiro atoms. The molecule has 1 aliphatic rings. The number of benzene rings is 1. The van der Waals surface area contributed by atoms with Gasteiger partial charge in [0.05, 0.1) is 16.8 Å². The lowest BCUT2D eigenvalue weighted by Gasteiger charge is -2.27. The maximum atomic E-state index is 11.6. The van der Waals surface area contributed by atoms with Gasteiger partial charge in [0.15, 0.2) is 0 Å². The second-order valence-electron chi connectivity index (χ2n) is 5.39. The summed E-state index contributed by atoms with van der Waals surface area (Å²) in [6.07, 6.45) is 2.33. The Morgan fingerprint density at radius 1 is 1.48 bits per heavy atom. The lowest BCUT2D eigenvalue weighted by atomic mass is 10.0. The first kappa shape index (κ1) is 13.4. The van der Waals surface area contributed by atoms with Crippen LogP contribution in [0.2, 0.25) is 0 Å². The molecule has 0 radical (unpaired) electrons. The molecule has 1 saturated heterocycles. The van der Waals surface area contributed by atoms with E-state index in [1.807, 2.05) is 36.1 Å². The summed E-state index contributed by atoms with van der Waals surface area (Å²) >= 11 is 0. The zero-order valence-electron chi connectivity index (χ0n) is 11.7. The molecule has 0 bridgehead atoms. The van der Waals surface area contributed by atoms with Crippen LogP contribution in [-0.2, 0) is 4.79 Å². The van der Waals surface area contributed by atoms with Crippen molar-refractivity contribution in [3.8, 4) is 6.07 Å². The van der Waals surface area contributed by atoms with Gasteiger partial charge in [-0.25, -0.2) is 4.79 Å². The predicted molar refractivity (Wildman–Crippen MR) is 79.0 cm³/mol. The van der Waals surface area contributed by atoms with Crippen molar-refractivity contribution in [1.82, 2.24) is 4.98 Å². The minimum atomic E-state index is -0.843. The lowest BCUT2D eigenvalue weighted by molar-refractivity contribution is -0.139. The Morgan fingerprint density at radius 3 is 2.95 bits per heavy atom. The highest BCUT2D eigenvalue weighted by atomic mass is 16.4. The van der Waals surface area contributed by atoms with E-state index >= 15 is 0 Å². The molecule has 21 heavy (non-hydrogen) atoms. The second kappa shape index (κ2) is 5.06. The van der Waals surface area contributed by atoms with Gasteiger partial charge in [-0.15, -0.1) is 0 Å². The van der Waals surface area contributed by atoms with Gasteiger partial charge >= 0.3 is 5.97 Å². The van der Waals surface area contributed by atoms with Crippen LogP contribution in [0.25, 0.3) is 10.9 Å². The van der Waals surface area contributed by atoms with Crippen LogP contribution in [0, 0.1) is 17.2 Å². The largest absolute Gasteiger partial charge is 0.480 e. The van der Waals surface area contributed by atoms with Crippen LogP contribution < -0.4 is 4.90 Å². The first-order valence-corrected chi connectivity index (χ1v) is 6.90. The molecule has 1 fully saturated rings. The molecular formula is C16H15N3O2. The smallest absolute Gasteiger partial charge is 0.326 e. The number of aliphatic carboxylic acids is 1. The highest BCUT2D eigenvalue weighted by molar-refractivity contribution is 5.96. The molecule has 106 valence electrons. The molecular weight excluding hydrogens is 266 g/mol. The number of carboxylic acids is 1. The van der Waals surface area contributed by atoms with Crippen LogP contribution in [0.3, 0.4) is 0 Å². The van der Waals surface area contributed by atoms with Crippen LogP contribution in [0.1, 0.15) is 18.9 Å². The number of rotatable bonds is 2. The summed E-state index contributed by atoms with van der Waals surface area (Å²) in [6, 6.07) is 9.07. The Balaban J connectivity index is 2.24. The van der Waals surface area contributed by atoms with Gasteiger partial charge in [-0.3, -0.25) is 4.98 Å². The van der Waals surface area contributed by atoms with Crippen molar-refractivity contribution >= 4 is 22.6 Å². The summed E-state index contributed by atoms with van der Waals surface area (Å²) in [5.41, 5.74) is 1.89. The summed E-state index contributed by atoms with van der Waals surface area (Å²) in [7, 11) is 0. The zero-order chi connectivity index (χ0) is 15.0. The molecule has 2 atom stereocenters. The molecule has 1 aliphatic heterocycles. The van der Waals surface area contributed by atoms with E-state index in [1.165, 1.54) is 6.20 Å². The third-order valence-corrected chi connectivity index (χ3v) is 4.11. The van der Waals surface area contributed by atoms with Gasteiger partial charge in [0, 0.05) is 18.1 Å². The fraction of sp³-hybridized carbons (Fsp3) is 0.312. The van der Waals surface area contributed by atoms with Gasteiger partial charge in [-0.05, 0) is 18.4 Å². The minimum Gasteiger partial charge on any atom is -0.480 e. The van der Waals surface area contributed by atoms with Crippen LogP contribution in [-0.4, -0.2) is 28.6 Å².